The van der Waals surface area contributed by atoms with Crippen LogP contribution in [-0.4, -0.2) is 34.5 Å². The van der Waals surface area contributed by atoms with Crippen LogP contribution in [0.5, 0.6) is 0 Å². The van der Waals surface area contributed by atoms with Crippen LogP contribution in [0.3, 0.4) is 0 Å². The van der Waals surface area contributed by atoms with Gasteiger partial charge >= 0.3 is 5.97 Å². The van der Waals surface area contributed by atoms with Crippen LogP contribution in [0.25, 0.3) is 0 Å². The van der Waals surface area contributed by atoms with E-state index in [9.17, 15) is 9.59 Å². The highest BCUT2D eigenvalue weighted by Crippen LogP contribution is 2.25. The lowest BCUT2D eigenvalue weighted by molar-refractivity contribution is -0.153. The van der Waals surface area contributed by atoms with Gasteiger partial charge in [0.15, 0.2) is 0 Å². The molecule has 1 rings (SSSR count). The smallest absolute Gasteiger partial charge is 0.318 e. The van der Waals surface area contributed by atoms with Crippen LogP contribution in [0.15, 0.2) is 0 Å². The highest BCUT2D eigenvalue weighted by atomic mass is 32.2. The molecule has 1 aliphatic rings. The first-order valence-corrected chi connectivity index (χ1v) is 6.13. The van der Waals surface area contributed by atoms with Crippen LogP contribution in [0.1, 0.15) is 26.7 Å². The Morgan fingerprint density at radius 3 is 2.67 bits per heavy atom. The minimum atomic E-state index is -1.33. The number of aliphatic carboxylic acids is 1. The average Bonchev–Trinajstić information content (AvgIpc) is 2.66. The number of nitrogens with one attached hydrogen (secondary N) is 1. The molecule has 2 N–H and O–H groups in total. The number of carboxylic acids is 1. The Morgan fingerprint density at radius 1 is 1.53 bits per heavy atom. The molecule has 1 fully saturated rings. The quantitative estimate of drug-likeness (QED) is 0.711. The molecule has 0 aromatic carbocycles. The third-order valence-electron chi connectivity index (χ3n) is 2.62. The molecule has 86 valence electrons. The van der Waals surface area contributed by atoms with Crippen LogP contribution in [0, 0.1) is 5.41 Å². The molecular formula is C10H17NO3S. The van der Waals surface area contributed by atoms with E-state index in [0.29, 0.717) is 11.8 Å². The molecule has 1 saturated heterocycles. The zero-order valence-corrected chi connectivity index (χ0v) is 9.89. The van der Waals surface area contributed by atoms with Crippen LogP contribution >= 0.6 is 11.8 Å². The number of rotatable bonds is 4. The molecule has 0 radical (unpaired) electrons. The number of carbonyl (C=O) groups is 2. The Kier molecular flexibility index (Phi) is 4.02. The Bertz CT molecular complexity index is 259. The second kappa shape index (κ2) is 4.88. The van der Waals surface area contributed by atoms with E-state index < -0.39 is 17.3 Å². The molecule has 15 heavy (non-hydrogen) atoms. The predicted octanol–water partition coefficient (Wildman–Crippen LogP) is 1.11. The van der Waals surface area contributed by atoms with Gasteiger partial charge in [-0.05, 0) is 32.4 Å². The molecular weight excluding hydrogens is 214 g/mol. The maximum atomic E-state index is 11.6. The zero-order valence-electron chi connectivity index (χ0n) is 9.08. The van der Waals surface area contributed by atoms with Crippen molar-refractivity contribution in [1.82, 2.24) is 5.32 Å². The molecule has 0 bridgehead atoms. The molecule has 1 atom stereocenters. The van der Waals surface area contributed by atoms with Gasteiger partial charge in [-0.3, -0.25) is 9.59 Å². The zero-order chi connectivity index (χ0) is 11.5. The summed E-state index contributed by atoms with van der Waals surface area (Å²) < 4.78 is 0. The van der Waals surface area contributed by atoms with Gasteiger partial charge in [0.1, 0.15) is 5.41 Å². The normalized spacial score (nSPS) is 21.3. The summed E-state index contributed by atoms with van der Waals surface area (Å²) in [6.07, 6.45) is 2.30. The first-order valence-electron chi connectivity index (χ1n) is 5.08. The van der Waals surface area contributed by atoms with Crippen molar-refractivity contribution >= 4 is 23.6 Å². The lowest BCUT2D eigenvalue weighted by Gasteiger charge is -2.19. The minimum absolute atomic E-state index is 0.400. The van der Waals surface area contributed by atoms with E-state index in [1.165, 1.54) is 20.3 Å². The monoisotopic (exact) mass is 231 g/mol. The number of thioether (sulfide) groups is 1. The number of amides is 1. The van der Waals surface area contributed by atoms with Crippen molar-refractivity contribution in [2.45, 2.75) is 31.9 Å². The van der Waals surface area contributed by atoms with Gasteiger partial charge in [-0.1, -0.05) is 0 Å². The maximum absolute atomic E-state index is 11.6. The molecule has 1 unspecified atom stereocenters. The summed E-state index contributed by atoms with van der Waals surface area (Å²) in [6.45, 7) is 3.43. The van der Waals surface area contributed by atoms with Gasteiger partial charge in [0.05, 0.1) is 0 Å². The van der Waals surface area contributed by atoms with E-state index in [0.717, 1.165) is 12.2 Å². The van der Waals surface area contributed by atoms with Gasteiger partial charge in [-0.25, -0.2) is 0 Å². The molecule has 1 aliphatic heterocycles. The van der Waals surface area contributed by atoms with Gasteiger partial charge < -0.3 is 10.4 Å². The Hall–Kier alpha value is -0.710. The summed E-state index contributed by atoms with van der Waals surface area (Å²) in [5.41, 5.74) is -1.33. The highest BCUT2D eigenvalue weighted by Gasteiger charge is 2.36. The number of carbonyl (C=O) groups excluding carboxylic acids is 1. The van der Waals surface area contributed by atoms with Crippen molar-refractivity contribution in [3.05, 3.63) is 0 Å². The van der Waals surface area contributed by atoms with Crippen molar-refractivity contribution in [2.75, 3.05) is 12.3 Å². The summed E-state index contributed by atoms with van der Waals surface area (Å²) in [5.74, 6) is -0.343. The summed E-state index contributed by atoms with van der Waals surface area (Å²) in [7, 11) is 0. The maximum Gasteiger partial charge on any atom is 0.318 e. The van der Waals surface area contributed by atoms with E-state index in [2.05, 4.69) is 5.32 Å². The number of hydrogen-bond donors (Lipinski definition) is 2. The summed E-state index contributed by atoms with van der Waals surface area (Å²) >= 11 is 1.84. The molecule has 0 aromatic rings. The standard InChI is InChI=1S/C10H17NO3S/c1-10(2,9(13)14)8(12)11-6-7-4-3-5-15-7/h7H,3-6H2,1-2H3,(H,11,12)(H,13,14). The van der Waals surface area contributed by atoms with Crippen LogP contribution in [-0.2, 0) is 9.59 Å². The van der Waals surface area contributed by atoms with Crippen molar-refractivity contribution in [1.29, 1.82) is 0 Å². The van der Waals surface area contributed by atoms with Crippen LogP contribution in [0.2, 0.25) is 0 Å². The Balaban J connectivity index is 2.38. The lowest BCUT2D eigenvalue weighted by atomic mass is 9.93. The van der Waals surface area contributed by atoms with Crippen LogP contribution < -0.4 is 5.32 Å². The fourth-order valence-electron chi connectivity index (χ4n) is 1.33. The first kappa shape index (κ1) is 12.4. The van der Waals surface area contributed by atoms with Crippen molar-refractivity contribution in [2.24, 2.45) is 5.41 Å². The van der Waals surface area contributed by atoms with E-state index in [1.54, 1.807) is 0 Å². The van der Waals surface area contributed by atoms with E-state index in [4.69, 9.17) is 5.11 Å². The van der Waals surface area contributed by atoms with Crippen molar-refractivity contribution < 1.29 is 14.7 Å². The second-order valence-corrected chi connectivity index (χ2v) is 5.68. The Labute approximate surface area is 93.8 Å². The SMILES string of the molecule is CC(C)(C(=O)O)C(=O)NCC1CCCS1. The van der Waals surface area contributed by atoms with Gasteiger partial charge in [0.2, 0.25) is 5.91 Å². The van der Waals surface area contributed by atoms with Gasteiger partial charge in [-0.15, -0.1) is 0 Å². The predicted molar refractivity (Wildman–Crippen MR) is 59.9 cm³/mol. The fourth-order valence-corrected chi connectivity index (χ4v) is 2.53. The minimum Gasteiger partial charge on any atom is -0.480 e. The van der Waals surface area contributed by atoms with E-state index >= 15 is 0 Å². The number of carboxylic acid groups (broad SMARTS) is 1. The molecule has 0 spiro atoms. The first-order chi connectivity index (χ1) is 6.94. The summed E-state index contributed by atoms with van der Waals surface area (Å²) in [6, 6.07) is 0. The lowest BCUT2D eigenvalue weighted by Crippen LogP contribution is -2.44. The number of hydrogen-bond acceptors (Lipinski definition) is 3. The van der Waals surface area contributed by atoms with E-state index in [-0.39, 0.29) is 0 Å². The van der Waals surface area contributed by atoms with Gasteiger partial charge in [-0.2, -0.15) is 11.8 Å². The molecule has 0 aliphatic carbocycles. The van der Waals surface area contributed by atoms with Crippen molar-refractivity contribution in [3.8, 4) is 0 Å². The molecule has 4 nitrogen and oxygen atoms in total. The largest absolute Gasteiger partial charge is 0.480 e. The van der Waals surface area contributed by atoms with Gasteiger partial charge in [0.25, 0.3) is 0 Å². The molecule has 1 heterocycles. The molecule has 5 heteroatoms. The second-order valence-electron chi connectivity index (χ2n) is 4.28. The molecule has 1 amide bonds. The third-order valence-corrected chi connectivity index (χ3v) is 4.01. The summed E-state index contributed by atoms with van der Waals surface area (Å²) in [4.78, 5) is 22.4. The van der Waals surface area contributed by atoms with Gasteiger partial charge in [0, 0.05) is 11.8 Å². The molecule has 0 aromatic heterocycles. The topological polar surface area (TPSA) is 66.4 Å². The summed E-state index contributed by atoms with van der Waals surface area (Å²) in [5, 5.41) is 12.0. The van der Waals surface area contributed by atoms with Crippen LogP contribution in [0.4, 0.5) is 0 Å². The van der Waals surface area contributed by atoms with Crippen molar-refractivity contribution in [3.63, 3.8) is 0 Å². The Morgan fingerprint density at radius 2 is 2.20 bits per heavy atom. The highest BCUT2D eigenvalue weighted by molar-refractivity contribution is 8.00. The molecule has 0 saturated carbocycles. The third kappa shape index (κ3) is 3.12. The van der Waals surface area contributed by atoms with E-state index in [1.807, 2.05) is 11.8 Å². The average molecular weight is 231 g/mol. The fraction of sp³-hybridized carbons (Fsp3) is 0.800.